The van der Waals surface area contributed by atoms with Crippen molar-refractivity contribution in [2.75, 3.05) is 25.4 Å². The van der Waals surface area contributed by atoms with Gasteiger partial charge in [-0.3, -0.25) is 0 Å². The molecule has 0 bridgehead atoms. The molecule has 1 aliphatic carbocycles. The number of benzene rings is 1. The summed E-state index contributed by atoms with van der Waals surface area (Å²) in [4.78, 5) is 2.62. The van der Waals surface area contributed by atoms with Crippen LogP contribution in [-0.4, -0.2) is 36.6 Å². The van der Waals surface area contributed by atoms with E-state index in [0.717, 1.165) is 15.5 Å². The highest BCUT2D eigenvalue weighted by atomic mass is 32.1. The van der Waals surface area contributed by atoms with Crippen LogP contribution in [0.15, 0.2) is 24.3 Å². The van der Waals surface area contributed by atoms with Crippen molar-refractivity contribution in [3.8, 4) is 0 Å². The van der Waals surface area contributed by atoms with Crippen molar-refractivity contribution in [3.63, 3.8) is 0 Å². The molecule has 1 saturated carbocycles. The molecule has 0 amide bonds. The molecule has 0 radical (unpaired) electrons. The minimum atomic E-state index is 0.543. The van der Waals surface area contributed by atoms with Crippen LogP contribution in [-0.2, 0) is 0 Å². The van der Waals surface area contributed by atoms with Crippen LogP contribution in [0.2, 0.25) is 0 Å². The van der Waals surface area contributed by atoms with Crippen LogP contribution in [0, 0.1) is 5.92 Å². The number of hydrogen-bond acceptors (Lipinski definition) is 3. The predicted octanol–water partition coefficient (Wildman–Crippen LogP) is 3.70. The molecule has 3 atom stereocenters. The lowest BCUT2D eigenvalue weighted by molar-refractivity contribution is 0.252. The number of nitrogens with zero attached hydrogens (tertiary/aromatic N) is 2. The zero-order valence-corrected chi connectivity index (χ0v) is 14.8. The quantitative estimate of drug-likeness (QED) is 0.475. The molecule has 3 nitrogen and oxygen atoms in total. The minimum absolute atomic E-state index is 0.543. The molecule has 2 N–H and O–H groups in total. The monoisotopic (exact) mass is 320 g/mol. The molecular weight excluding hydrogens is 290 g/mol. The van der Waals surface area contributed by atoms with Gasteiger partial charge in [0.25, 0.3) is 0 Å². The van der Waals surface area contributed by atoms with Crippen LogP contribution in [0.5, 0.6) is 0 Å². The Balaban J connectivity index is 1.80. The summed E-state index contributed by atoms with van der Waals surface area (Å²) in [5, 5.41) is 0. The van der Waals surface area contributed by atoms with Crippen molar-refractivity contribution in [1.29, 1.82) is 0 Å². The predicted molar refractivity (Wildman–Crippen MR) is 99.0 cm³/mol. The molecule has 2 unspecified atom stereocenters. The molecule has 122 valence electrons. The van der Waals surface area contributed by atoms with E-state index >= 15 is 0 Å². The molecule has 1 heterocycles. The van der Waals surface area contributed by atoms with E-state index in [0.29, 0.717) is 12.1 Å². The lowest BCUT2D eigenvalue weighted by Gasteiger charge is -2.40. The normalized spacial score (nSPS) is 26.8. The van der Waals surface area contributed by atoms with Gasteiger partial charge in [0.1, 0.15) is 17.8 Å². The van der Waals surface area contributed by atoms with Crippen LogP contribution in [0.1, 0.15) is 39.5 Å². The fourth-order valence-corrected chi connectivity index (χ4v) is 4.61. The van der Waals surface area contributed by atoms with Gasteiger partial charge in [-0.15, -0.1) is 0 Å². The Labute approximate surface area is 140 Å². The van der Waals surface area contributed by atoms with E-state index < -0.39 is 0 Å². The average molecular weight is 321 g/mol. The zero-order chi connectivity index (χ0) is 15.7. The average Bonchev–Trinajstić information content (AvgIpc) is 3.27. The lowest BCUT2D eigenvalue weighted by Crippen LogP contribution is -2.53. The maximum Gasteiger partial charge on any atom is 0.144 e. The van der Waals surface area contributed by atoms with Crippen LogP contribution < -0.4 is 9.62 Å². The Hall–Kier alpha value is -0.710. The summed E-state index contributed by atoms with van der Waals surface area (Å²) < 4.78 is 0.797. The van der Waals surface area contributed by atoms with Crippen molar-refractivity contribution in [3.05, 3.63) is 24.3 Å². The number of rotatable bonds is 6. The number of likely N-dealkylation sites (tertiary alicyclic amines) is 1. The van der Waals surface area contributed by atoms with E-state index in [1.807, 2.05) is 12.1 Å². The van der Waals surface area contributed by atoms with Crippen LogP contribution in [0.3, 0.4) is 0 Å². The number of quaternary nitrogens is 1. The summed E-state index contributed by atoms with van der Waals surface area (Å²) in [6, 6.07) is 9.60. The molecule has 0 aromatic heterocycles. The maximum atomic E-state index is 5.87. The maximum absolute atomic E-state index is 5.87. The minimum Gasteiger partial charge on any atom is -0.399 e. The van der Waals surface area contributed by atoms with Crippen LogP contribution >= 0.6 is 12.8 Å². The van der Waals surface area contributed by atoms with Gasteiger partial charge in [0.05, 0.1) is 12.8 Å². The Kier molecular flexibility index (Phi) is 4.72. The molecule has 22 heavy (non-hydrogen) atoms. The van der Waals surface area contributed by atoms with Gasteiger partial charge in [0.2, 0.25) is 0 Å². The Bertz CT molecular complexity index is 500. The third-order valence-corrected chi connectivity index (χ3v) is 6.48. The standard InChI is InChI=1S/C18H30N3S/c1-3-11-20-12-10-15(13-20)14(2)21(22,18-8-9-18)17-6-4-16(19)5-7-17/h4-7,14-15,18,22H,3,8-13,19H2,1-2H3/q+1/t14-,15?,21?/m0/s1. The molecule has 4 heteroatoms. The van der Waals surface area contributed by atoms with Gasteiger partial charge >= 0.3 is 0 Å². The summed E-state index contributed by atoms with van der Waals surface area (Å²) in [5.41, 5.74) is 8.02. The fraction of sp³-hybridized carbons (Fsp3) is 0.667. The number of nitrogen functional groups attached to an aromatic ring is 1. The first-order chi connectivity index (χ1) is 10.6. The molecular formula is C18H30N3S+. The lowest BCUT2D eigenvalue weighted by atomic mass is 9.98. The molecule has 1 aliphatic heterocycles. The van der Waals surface area contributed by atoms with E-state index in [4.69, 9.17) is 18.5 Å². The first kappa shape index (κ1) is 16.2. The summed E-state index contributed by atoms with van der Waals surface area (Å²) in [6.07, 6.45) is 5.15. The van der Waals surface area contributed by atoms with Gasteiger partial charge < -0.3 is 10.6 Å². The smallest absolute Gasteiger partial charge is 0.144 e. The van der Waals surface area contributed by atoms with Crippen LogP contribution in [0.4, 0.5) is 11.4 Å². The first-order valence-electron chi connectivity index (χ1n) is 8.75. The Morgan fingerprint density at radius 1 is 1.27 bits per heavy atom. The van der Waals surface area contributed by atoms with E-state index in [1.165, 1.54) is 51.0 Å². The molecule has 2 aliphatic rings. The highest BCUT2D eigenvalue weighted by Gasteiger charge is 2.51. The Morgan fingerprint density at radius 3 is 2.55 bits per heavy atom. The van der Waals surface area contributed by atoms with Gasteiger partial charge in [0, 0.05) is 43.1 Å². The van der Waals surface area contributed by atoms with Crippen molar-refractivity contribution in [2.45, 2.75) is 51.6 Å². The first-order valence-corrected chi connectivity index (χ1v) is 9.15. The third-order valence-electron chi connectivity index (χ3n) is 5.56. The fourth-order valence-electron chi connectivity index (χ4n) is 4.06. The highest BCUT2D eigenvalue weighted by molar-refractivity contribution is 7.79. The molecule has 1 aromatic rings. The molecule has 0 spiro atoms. The van der Waals surface area contributed by atoms with E-state index in [1.54, 1.807) is 0 Å². The van der Waals surface area contributed by atoms with Gasteiger partial charge in [-0.1, -0.05) is 6.92 Å². The SMILES string of the molecule is CCCN1CCC([C@H](C)[N+](S)(c2ccc(N)cc2)C2CC2)C1. The molecule has 1 aromatic carbocycles. The zero-order valence-electron chi connectivity index (χ0n) is 13.9. The second-order valence-electron chi connectivity index (χ2n) is 7.15. The number of thiol groups is 1. The van der Waals surface area contributed by atoms with Crippen molar-refractivity contribution in [1.82, 2.24) is 8.79 Å². The summed E-state index contributed by atoms with van der Waals surface area (Å²) >= 11 is 5.23. The summed E-state index contributed by atoms with van der Waals surface area (Å²) in [6.45, 7) is 8.40. The van der Waals surface area contributed by atoms with E-state index in [2.05, 4.69) is 30.9 Å². The van der Waals surface area contributed by atoms with Crippen LogP contribution in [0.25, 0.3) is 0 Å². The van der Waals surface area contributed by atoms with E-state index in [9.17, 15) is 0 Å². The molecule has 2 fully saturated rings. The highest BCUT2D eigenvalue weighted by Crippen LogP contribution is 2.46. The summed E-state index contributed by atoms with van der Waals surface area (Å²) in [7, 11) is 0. The second kappa shape index (κ2) is 6.42. The van der Waals surface area contributed by atoms with Crippen molar-refractivity contribution >= 4 is 24.2 Å². The number of hydrogen-bond donors (Lipinski definition) is 2. The van der Waals surface area contributed by atoms with Gasteiger partial charge in [-0.05, 0) is 45.0 Å². The summed E-state index contributed by atoms with van der Waals surface area (Å²) in [5.74, 6) is 0.738. The largest absolute Gasteiger partial charge is 0.399 e. The van der Waals surface area contributed by atoms with Gasteiger partial charge in [-0.2, -0.15) is 0 Å². The third kappa shape index (κ3) is 3.01. The van der Waals surface area contributed by atoms with Gasteiger partial charge in [-0.25, -0.2) is 3.89 Å². The van der Waals surface area contributed by atoms with Crippen molar-refractivity contribution in [2.24, 2.45) is 5.92 Å². The number of nitrogens with two attached hydrogens (primary N) is 1. The topological polar surface area (TPSA) is 29.3 Å². The van der Waals surface area contributed by atoms with E-state index in [-0.39, 0.29) is 0 Å². The second-order valence-corrected chi connectivity index (χ2v) is 7.81. The van der Waals surface area contributed by atoms with Gasteiger partial charge in [0.15, 0.2) is 0 Å². The number of anilines is 1. The molecule has 3 rings (SSSR count). The Morgan fingerprint density at radius 2 is 1.95 bits per heavy atom. The molecule has 1 saturated heterocycles. The van der Waals surface area contributed by atoms with Crippen molar-refractivity contribution < 1.29 is 0 Å².